The van der Waals surface area contributed by atoms with Gasteiger partial charge in [0.15, 0.2) is 16.6 Å². The third kappa shape index (κ3) is 4.18. The van der Waals surface area contributed by atoms with Gasteiger partial charge in [-0.2, -0.15) is 0 Å². The zero-order valence-corrected chi connectivity index (χ0v) is 18.5. The molecule has 3 aromatic rings. The lowest BCUT2D eigenvalue weighted by Gasteiger charge is -2.12. The normalized spacial score (nSPS) is 14.4. The number of hydrogen-bond acceptors (Lipinski definition) is 6. The van der Waals surface area contributed by atoms with Gasteiger partial charge in [0.2, 0.25) is 11.3 Å². The quantitative estimate of drug-likeness (QED) is 0.405. The summed E-state index contributed by atoms with van der Waals surface area (Å²) in [5, 5.41) is 0.777. The number of carbonyl (C=O) groups is 1. The number of ketones is 1. The largest absolute Gasteiger partial charge is 0.303 e. The minimum Gasteiger partial charge on any atom is -0.303 e. The number of rotatable bonds is 8. The molecular formula is C20H23N5O3S2. The highest BCUT2D eigenvalue weighted by Crippen LogP contribution is 2.36. The van der Waals surface area contributed by atoms with Crippen molar-refractivity contribution < 1.29 is 13.6 Å². The van der Waals surface area contributed by atoms with Crippen LogP contribution in [0.1, 0.15) is 46.9 Å². The Morgan fingerprint density at radius 2 is 2.13 bits per heavy atom. The first-order chi connectivity index (χ1) is 14.5. The van der Waals surface area contributed by atoms with Crippen LogP contribution in [0.15, 0.2) is 28.5 Å². The highest BCUT2D eigenvalue weighted by molar-refractivity contribution is 7.99. The molecular weight excluding hydrogens is 422 g/mol. The molecule has 30 heavy (non-hydrogen) atoms. The fraction of sp³-hybridized carbons (Fsp3) is 0.400. The van der Waals surface area contributed by atoms with Gasteiger partial charge >= 0.3 is 0 Å². The fourth-order valence-electron chi connectivity index (χ4n) is 3.70. The first-order valence-corrected chi connectivity index (χ1v) is 11.8. The molecule has 4 rings (SSSR count). The smallest absolute Gasteiger partial charge is 0.231 e. The van der Waals surface area contributed by atoms with Crippen molar-refractivity contribution in [1.82, 2.24) is 24.2 Å². The van der Waals surface area contributed by atoms with Crippen LogP contribution in [-0.4, -0.2) is 40.6 Å². The van der Waals surface area contributed by atoms with E-state index in [0.29, 0.717) is 25.9 Å². The van der Waals surface area contributed by atoms with Crippen LogP contribution in [0.4, 0.5) is 0 Å². The summed E-state index contributed by atoms with van der Waals surface area (Å²) in [5.74, 6) is 0.202. The Balaban J connectivity index is 1.71. The van der Waals surface area contributed by atoms with Crippen molar-refractivity contribution in [1.29, 1.82) is 0 Å². The number of benzene rings is 1. The second-order valence-corrected chi connectivity index (χ2v) is 8.97. The van der Waals surface area contributed by atoms with E-state index in [-0.39, 0.29) is 5.78 Å². The second kappa shape index (κ2) is 8.93. The summed E-state index contributed by atoms with van der Waals surface area (Å²) in [5.41, 5.74) is 5.45. The highest BCUT2D eigenvalue weighted by atomic mass is 32.2. The molecule has 1 atom stereocenters. The predicted octanol–water partition coefficient (Wildman–Crippen LogP) is 3.09. The zero-order chi connectivity index (χ0) is 21.3. The SMILES string of the molecule is CCc1cc2c(cc1Sc1nc3c(C)ncnc3n1CCCNS(=O)O)C(=O)CC2. The topological polar surface area (TPSA) is 110 Å². The number of nitrogens with one attached hydrogen (secondary N) is 1. The summed E-state index contributed by atoms with van der Waals surface area (Å²) in [7, 11) is 0. The molecule has 0 saturated carbocycles. The van der Waals surface area contributed by atoms with Gasteiger partial charge in [-0.3, -0.25) is 9.35 Å². The summed E-state index contributed by atoms with van der Waals surface area (Å²) < 4.78 is 24.3. The maximum Gasteiger partial charge on any atom is 0.231 e. The number of hydrogen-bond donors (Lipinski definition) is 2. The van der Waals surface area contributed by atoms with E-state index in [4.69, 9.17) is 9.54 Å². The zero-order valence-electron chi connectivity index (χ0n) is 16.8. The molecule has 0 amide bonds. The van der Waals surface area contributed by atoms with E-state index >= 15 is 0 Å². The van der Waals surface area contributed by atoms with Gasteiger partial charge in [0.05, 0.1) is 5.69 Å². The van der Waals surface area contributed by atoms with Crippen molar-refractivity contribution in [3.63, 3.8) is 0 Å². The molecule has 1 aliphatic carbocycles. The lowest BCUT2D eigenvalue weighted by atomic mass is 10.0. The van der Waals surface area contributed by atoms with Gasteiger partial charge in [-0.05, 0) is 43.4 Å². The Kier molecular flexibility index (Phi) is 6.28. The van der Waals surface area contributed by atoms with Gasteiger partial charge in [0, 0.05) is 30.0 Å². The van der Waals surface area contributed by atoms with E-state index in [1.807, 2.05) is 17.6 Å². The summed E-state index contributed by atoms with van der Waals surface area (Å²) in [6.45, 7) is 5.00. The monoisotopic (exact) mass is 445 g/mol. The number of Topliss-reactive ketones (excluding diaryl/α,β-unsaturated/α-hetero) is 1. The molecule has 0 aliphatic heterocycles. The molecule has 1 aliphatic rings. The molecule has 10 heteroatoms. The first kappa shape index (κ1) is 21.1. The van der Waals surface area contributed by atoms with Crippen molar-refractivity contribution in [2.75, 3.05) is 6.54 Å². The molecule has 2 aromatic heterocycles. The van der Waals surface area contributed by atoms with Crippen molar-refractivity contribution >= 4 is 40.0 Å². The van der Waals surface area contributed by atoms with Crippen LogP contribution in [0.25, 0.3) is 11.2 Å². The van der Waals surface area contributed by atoms with Crippen molar-refractivity contribution in [3.05, 3.63) is 40.8 Å². The average molecular weight is 446 g/mol. The minimum absolute atomic E-state index is 0.202. The third-order valence-corrected chi connectivity index (χ3v) is 6.80. The standard InChI is InChI=1S/C20H23N5O3S2/c1-3-13-9-14-5-6-16(26)15(14)10-17(13)29-20-24-18-12(2)21-11-22-19(18)25(20)8-4-7-23-30(27)28/h9-11,23H,3-8H2,1-2H3,(H,27,28). The van der Waals surface area contributed by atoms with Gasteiger partial charge in [0.1, 0.15) is 11.8 Å². The molecule has 1 aromatic carbocycles. The van der Waals surface area contributed by atoms with Gasteiger partial charge in [-0.1, -0.05) is 24.8 Å². The first-order valence-electron chi connectivity index (χ1n) is 9.87. The Morgan fingerprint density at radius 3 is 2.90 bits per heavy atom. The van der Waals surface area contributed by atoms with E-state index in [2.05, 4.69) is 27.7 Å². The van der Waals surface area contributed by atoms with Crippen LogP contribution in [-0.2, 0) is 30.7 Å². The van der Waals surface area contributed by atoms with Gasteiger partial charge in [-0.15, -0.1) is 0 Å². The maximum absolute atomic E-state index is 12.3. The Labute approximate surface area is 181 Å². The fourth-order valence-corrected chi connectivity index (χ4v) is 5.15. The minimum atomic E-state index is -2.03. The Morgan fingerprint density at radius 1 is 1.30 bits per heavy atom. The number of carbonyl (C=O) groups excluding carboxylic acids is 1. The number of nitrogens with zero attached hydrogens (tertiary/aromatic N) is 4. The third-order valence-electron chi connectivity index (χ3n) is 5.25. The van der Waals surface area contributed by atoms with E-state index in [1.165, 1.54) is 23.7 Å². The second-order valence-electron chi connectivity index (χ2n) is 7.17. The highest BCUT2D eigenvalue weighted by Gasteiger charge is 2.23. The number of fused-ring (bicyclic) bond motifs is 2. The van der Waals surface area contributed by atoms with E-state index in [9.17, 15) is 9.00 Å². The maximum atomic E-state index is 12.3. The van der Waals surface area contributed by atoms with Crippen LogP contribution in [0.2, 0.25) is 0 Å². The van der Waals surface area contributed by atoms with E-state index in [0.717, 1.165) is 50.9 Å². The summed E-state index contributed by atoms with van der Waals surface area (Å²) in [4.78, 5) is 26.8. The van der Waals surface area contributed by atoms with E-state index in [1.54, 1.807) is 0 Å². The summed E-state index contributed by atoms with van der Waals surface area (Å²) in [6, 6.07) is 4.16. The average Bonchev–Trinajstić information content (AvgIpc) is 3.26. The number of aromatic nitrogens is 4. The lowest BCUT2D eigenvalue weighted by Crippen LogP contribution is -2.19. The Hall–Kier alpha value is -2.14. The number of aryl methyl sites for hydroxylation is 4. The van der Waals surface area contributed by atoms with Gasteiger partial charge < -0.3 is 4.57 Å². The summed E-state index contributed by atoms with van der Waals surface area (Å²) in [6.07, 6.45) is 4.43. The molecule has 0 radical (unpaired) electrons. The summed E-state index contributed by atoms with van der Waals surface area (Å²) >= 11 is -0.493. The molecule has 0 saturated heterocycles. The molecule has 2 N–H and O–H groups in total. The van der Waals surface area contributed by atoms with Crippen molar-refractivity contribution in [3.8, 4) is 0 Å². The molecule has 0 spiro atoms. The van der Waals surface area contributed by atoms with Crippen LogP contribution in [0, 0.1) is 6.92 Å². The predicted molar refractivity (Wildman–Crippen MR) is 116 cm³/mol. The van der Waals surface area contributed by atoms with E-state index < -0.39 is 11.3 Å². The van der Waals surface area contributed by atoms with Crippen LogP contribution in [0.5, 0.6) is 0 Å². The van der Waals surface area contributed by atoms with Crippen molar-refractivity contribution in [2.24, 2.45) is 0 Å². The van der Waals surface area contributed by atoms with Crippen LogP contribution >= 0.6 is 11.8 Å². The number of imidazole rings is 1. The lowest BCUT2D eigenvalue weighted by molar-refractivity contribution is 0.0994. The molecule has 2 heterocycles. The molecule has 1 unspecified atom stereocenters. The van der Waals surface area contributed by atoms with Crippen LogP contribution < -0.4 is 4.72 Å². The molecule has 0 bridgehead atoms. The van der Waals surface area contributed by atoms with Crippen LogP contribution in [0.3, 0.4) is 0 Å². The molecule has 158 valence electrons. The molecule has 0 fully saturated rings. The van der Waals surface area contributed by atoms with Gasteiger partial charge in [-0.25, -0.2) is 23.9 Å². The van der Waals surface area contributed by atoms with Crippen molar-refractivity contribution in [2.45, 2.75) is 56.1 Å². The molecule has 8 nitrogen and oxygen atoms in total. The Bertz CT molecular complexity index is 1150. The van der Waals surface area contributed by atoms with Gasteiger partial charge in [0.25, 0.3) is 0 Å².